The van der Waals surface area contributed by atoms with E-state index < -0.39 is 0 Å². The summed E-state index contributed by atoms with van der Waals surface area (Å²) in [7, 11) is 1.65. The van der Waals surface area contributed by atoms with Gasteiger partial charge in [0.1, 0.15) is 11.4 Å². The van der Waals surface area contributed by atoms with E-state index in [1.165, 1.54) is 12.8 Å². The first kappa shape index (κ1) is 12.1. The molecular formula is C13H17N5O. The molecule has 100 valence electrons. The number of hydrogen-bond donors (Lipinski definition) is 1. The van der Waals surface area contributed by atoms with Crippen LogP contribution in [0.25, 0.3) is 5.69 Å². The fourth-order valence-corrected chi connectivity index (χ4v) is 1.99. The lowest BCUT2D eigenvalue weighted by Gasteiger charge is -2.10. The lowest BCUT2D eigenvalue weighted by Crippen LogP contribution is -2.19. The van der Waals surface area contributed by atoms with Crippen LogP contribution < -0.4 is 10.1 Å². The van der Waals surface area contributed by atoms with E-state index in [2.05, 4.69) is 20.8 Å². The number of nitrogens with zero attached hydrogens (tertiary/aromatic N) is 4. The van der Waals surface area contributed by atoms with Crippen molar-refractivity contribution in [2.45, 2.75) is 32.4 Å². The van der Waals surface area contributed by atoms with Crippen LogP contribution in [-0.4, -0.2) is 33.4 Å². The zero-order valence-electron chi connectivity index (χ0n) is 11.1. The number of benzene rings is 1. The molecule has 0 unspecified atom stereocenters. The van der Waals surface area contributed by atoms with Crippen LogP contribution in [0.5, 0.6) is 5.75 Å². The van der Waals surface area contributed by atoms with Crippen LogP contribution in [0.3, 0.4) is 0 Å². The molecule has 1 heterocycles. The van der Waals surface area contributed by atoms with Crippen molar-refractivity contribution in [3.8, 4) is 11.4 Å². The molecule has 1 N–H and O–H groups in total. The van der Waals surface area contributed by atoms with Gasteiger partial charge in [0.25, 0.3) is 0 Å². The molecule has 0 spiro atoms. The molecule has 1 aromatic heterocycles. The Bertz CT molecular complexity index is 576. The predicted octanol–water partition coefficient (Wildman–Crippen LogP) is 1.23. The molecule has 1 saturated carbocycles. The molecule has 6 nitrogen and oxygen atoms in total. The minimum atomic E-state index is 0.629. The van der Waals surface area contributed by atoms with Crippen molar-refractivity contribution in [1.82, 2.24) is 25.5 Å². The van der Waals surface area contributed by atoms with E-state index >= 15 is 0 Å². The summed E-state index contributed by atoms with van der Waals surface area (Å²) in [4.78, 5) is 0. The van der Waals surface area contributed by atoms with E-state index in [4.69, 9.17) is 4.74 Å². The number of aromatic nitrogens is 4. The zero-order valence-corrected chi connectivity index (χ0v) is 11.1. The van der Waals surface area contributed by atoms with Crippen LogP contribution in [-0.2, 0) is 6.54 Å². The molecule has 0 atom stereocenters. The van der Waals surface area contributed by atoms with Gasteiger partial charge >= 0.3 is 0 Å². The number of tetrazole rings is 1. The molecule has 0 saturated heterocycles. The Kier molecular flexibility index (Phi) is 3.16. The van der Waals surface area contributed by atoms with Gasteiger partial charge in [-0.15, -0.1) is 5.10 Å². The number of methoxy groups -OCH3 is 1. The second-order valence-corrected chi connectivity index (χ2v) is 4.84. The third-order valence-corrected chi connectivity index (χ3v) is 3.22. The Labute approximate surface area is 111 Å². The molecule has 1 aromatic carbocycles. The van der Waals surface area contributed by atoms with Gasteiger partial charge in [0.05, 0.1) is 13.7 Å². The minimum Gasteiger partial charge on any atom is -0.494 e. The van der Waals surface area contributed by atoms with Gasteiger partial charge in [0, 0.05) is 6.04 Å². The number of hydrogen-bond acceptors (Lipinski definition) is 5. The summed E-state index contributed by atoms with van der Waals surface area (Å²) in [6, 6.07) is 6.60. The van der Waals surface area contributed by atoms with Gasteiger partial charge in [0.2, 0.25) is 0 Å². The highest BCUT2D eigenvalue weighted by molar-refractivity contribution is 5.48. The molecule has 1 fully saturated rings. The number of rotatable bonds is 5. The van der Waals surface area contributed by atoms with Crippen LogP contribution in [0.1, 0.15) is 24.2 Å². The highest BCUT2D eigenvalue weighted by Gasteiger charge is 2.22. The van der Waals surface area contributed by atoms with Crippen molar-refractivity contribution in [2.24, 2.45) is 0 Å². The maximum absolute atomic E-state index is 5.38. The first-order chi connectivity index (χ1) is 9.28. The summed E-state index contributed by atoms with van der Waals surface area (Å²) in [5.41, 5.74) is 2.02. The van der Waals surface area contributed by atoms with E-state index in [0.29, 0.717) is 12.6 Å². The maximum Gasteiger partial charge on any atom is 0.170 e. The van der Waals surface area contributed by atoms with E-state index in [9.17, 15) is 0 Å². The van der Waals surface area contributed by atoms with Crippen molar-refractivity contribution in [2.75, 3.05) is 7.11 Å². The summed E-state index contributed by atoms with van der Waals surface area (Å²) in [6.07, 6.45) is 2.49. The van der Waals surface area contributed by atoms with Gasteiger partial charge < -0.3 is 10.1 Å². The van der Waals surface area contributed by atoms with Crippen LogP contribution in [0.2, 0.25) is 0 Å². The SMILES string of the molecule is COc1ccc(C)cc1-n1nnnc1CNC1CC1. The van der Waals surface area contributed by atoms with Gasteiger partial charge in [-0.05, 0) is 47.9 Å². The summed E-state index contributed by atoms with van der Waals surface area (Å²) >= 11 is 0. The fourth-order valence-electron chi connectivity index (χ4n) is 1.99. The predicted molar refractivity (Wildman–Crippen MR) is 70.3 cm³/mol. The largest absolute Gasteiger partial charge is 0.494 e. The molecule has 3 rings (SSSR count). The Morgan fingerprint density at radius 1 is 1.42 bits per heavy atom. The normalized spacial score (nSPS) is 14.6. The summed E-state index contributed by atoms with van der Waals surface area (Å²) in [5, 5.41) is 15.3. The molecule has 2 aromatic rings. The average Bonchev–Trinajstić information content (AvgIpc) is 3.13. The fraction of sp³-hybridized carbons (Fsp3) is 0.462. The molecule has 1 aliphatic rings. The highest BCUT2D eigenvalue weighted by atomic mass is 16.5. The van der Waals surface area contributed by atoms with Crippen molar-refractivity contribution in [3.05, 3.63) is 29.6 Å². The molecule has 0 aliphatic heterocycles. The number of nitrogens with one attached hydrogen (secondary N) is 1. The lowest BCUT2D eigenvalue weighted by molar-refractivity contribution is 0.410. The smallest absolute Gasteiger partial charge is 0.170 e. The van der Waals surface area contributed by atoms with Gasteiger partial charge in [-0.3, -0.25) is 0 Å². The van der Waals surface area contributed by atoms with E-state index in [0.717, 1.165) is 22.8 Å². The molecule has 6 heteroatoms. The van der Waals surface area contributed by atoms with Gasteiger partial charge in [0.15, 0.2) is 5.82 Å². The Balaban J connectivity index is 1.92. The van der Waals surface area contributed by atoms with Crippen LogP contribution >= 0.6 is 0 Å². The molecule has 19 heavy (non-hydrogen) atoms. The van der Waals surface area contributed by atoms with Crippen LogP contribution in [0.4, 0.5) is 0 Å². The summed E-state index contributed by atoms with van der Waals surface area (Å²) < 4.78 is 7.12. The second-order valence-electron chi connectivity index (χ2n) is 4.84. The van der Waals surface area contributed by atoms with Crippen LogP contribution in [0.15, 0.2) is 18.2 Å². The third kappa shape index (κ3) is 2.58. The molecule has 0 bridgehead atoms. The topological polar surface area (TPSA) is 64.9 Å². The standard InChI is InChI=1S/C13H17N5O/c1-9-3-6-12(19-2)11(7-9)18-13(15-16-17-18)8-14-10-4-5-10/h3,6-7,10,14H,4-5,8H2,1-2H3. The van der Waals surface area contributed by atoms with E-state index in [1.807, 2.05) is 25.1 Å². The molecule has 0 radical (unpaired) electrons. The minimum absolute atomic E-state index is 0.629. The molecular weight excluding hydrogens is 242 g/mol. The van der Waals surface area contributed by atoms with Crippen molar-refractivity contribution in [1.29, 1.82) is 0 Å². The van der Waals surface area contributed by atoms with E-state index in [1.54, 1.807) is 11.8 Å². The quantitative estimate of drug-likeness (QED) is 0.875. The van der Waals surface area contributed by atoms with Crippen molar-refractivity contribution >= 4 is 0 Å². The first-order valence-corrected chi connectivity index (χ1v) is 6.43. The van der Waals surface area contributed by atoms with Crippen molar-refractivity contribution < 1.29 is 4.74 Å². The van der Waals surface area contributed by atoms with Crippen molar-refractivity contribution in [3.63, 3.8) is 0 Å². The number of ether oxygens (including phenoxy) is 1. The first-order valence-electron chi connectivity index (χ1n) is 6.43. The van der Waals surface area contributed by atoms with Gasteiger partial charge in [-0.2, -0.15) is 4.68 Å². The molecule has 0 amide bonds. The lowest BCUT2D eigenvalue weighted by atomic mass is 10.2. The second kappa shape index (κ2) is 4.97. The van der Waals surface area contributed by atoms with E-state index in [-0.39, 0.29) is 0 Å². The maximum atomic E-state index is 5.38. The van der Waals surface area contributed by atoms with Gasteiger partial charge in [-0.25, -0.2) is 0 Å². The summed E-state index contributed by atoms with van der Waals surface area (Å²) in [5.74, 6) is 1.57. The highest BCUT2D eigenvalue weighted by Crippen LogP contribution is 2.24. The van der Waals surface area contributed by atoms with Crippen LogP contribution in [0, 0.1) is 6.92 Å². The average molecular weight is 259 g/mol. The Morgan fingerprint density at radius 2 is 2.26 bits per heavy atom. The summed E-state index contributed by atoms with van der Waals surface area (Å²) in [6.45, 7) is 2.71. The zero-order chi connectivity index (χ0) is 13.2. The monoisotopic (exact) mass is 259 g/mol. The molecule has 1 aliphatic carbocycles. The third-order valence-electron chi connectivity index (χ3n) is 3.22. The number of aryl methyl sites for hydroxylation is 1. The van der Waals surface area contributed by atoms with Gasteiger partial charge in [-0.1, -0.05) is 6.07 Å². The Hall–Kier alpha value is -1.95. The Morgan fingerprint density at radius 3 is 3.00 bits per heavy atom.